The molecular formula is C11H8BrN3O2. The van der Waals surface area contributed by atoms with Crippen molar-refractivity contribution in [1.82, 2.24) is 4.98 Å². The fraction of sp³-hybridized carbons (Fsp3) is 0. The number of hydrogen-bond acceptors (Lipinski definition) is 4. The predicted molar refractivity (Wildman–Crippen MR) is 68.3 cm³/mol. The van der Waals surface area contributed by atoms with Gasteiger partial charge in [-0.3, -0.25) is 10.1 Å². The Kier molecular flexibility index (Phi) is 3.34. The Morgan fingerprint density at radius 2 is 2.12 bits per heavy atom. The van der Waals surface area contributed by atoms with E-state index in [2.05, 4.69) is 26.2 Å². The van der Waals surface area contributed by atoms with E-state index in [4.69, 9.17) is 0 Å². The summed E-state index contributed by atoms with van der Waals surface area (Å²) in [5, 5.41) is 13.6. The summed E-state index contributed by atoms with van der Waals surface area (Å²) in [7, 11) is 0. The lowest BCUT2D eigenvalue weighted by atomic mass is 10.3. The highest BCUT2D eigenvalue weighted by Gasteiger charge is 2.06. The molecule has 0 bridgehead atoms. The summed E-state index contributed by atoms with van der Waals surface area (Å²) in [4.78, 5) is 14.3. The maximum absolute atomic E-state index is 10.6. The fourth-order valence-electron chi connectivity index (χ4n) is 1.31. The Bertz CT molecular complexity index is 560. The minimum absolute atomic E-state index is 0.0436. The van der Waals surface area contributed by atoms with Gasteiger partial charge in [-0.05, 0) is 34.1 Å². The lowest BCUT2D eigenvalue weighted by Gasteiger charge is -2.06. The average molecular weight is 294 g/mol. The number of hydrogen-bond donors (Lipinski definition) is 1. The highest BCUT2D eigenvalue weighted by molar-refractivity contribution is 9.10. The van der Waals surface area contributed by atoms with Crippen molar-refractivity contribution in [2.45, 2.75) is 0 Å². The molecule has 1 aromatic carbocycles. The zero-order valence-electron chi connectivity index (χ0n) is 8.63. The smallest absolute Gasteiger partial charge is 0.271 e. The summed E-state index contributed by atoms with van der Waals surface area (Å²) >= 11 is 3.34. The normalized spacial score (nSPS) is 9.94. The van der Waals surface area contributed by atoms with Crippen molar-refractivity contribution < 1.29 is 4.92 Å². The van der Waals surface area contributed by atoms with Crippen molar-refractivity contribution in [3.8, 4) is 0 Å². The summed E-state index contributed by atoms with van der Waals surface area (Å²) in [5.41, 5.74) is 0.667. The van der Waals surface area contributed by atoms with Gasteiger partial charge in [-0.1, -0.05) is 6.07 Å². The molecule has 1 N–H and O–H groups in total. The maximum atomic E-state index is 10.6. The monoisotopic (exact) mass is 293 g/mol. The molecule has 86 valence electrons. The number of halogens is 1. The zero-order chi connectivity index (χ0) is 12.3. The van der Waals surface area contributed by atoms with Crippen LogP contribution in [-0.4, -0.2) is 9.91 Å². The third-order valence-electron chi connectivity index (χ3n) is 2.08. The van der Waals surface area contributed by atoms with E-state index in [1.165, 1.54) is 12.1 Å². The van der Waals surface area contributed by atoms with Crippen LogP contribution in [0.5, 0.6) is 0 Å². The summed E-state index contributed by atoms with van der Waals surface area (Å²) in [6, 6.07) is 9.90. The van der Waals surface area contributed by atoms with Gasteiger partial charge in [0.1, 0.15) is 5.82 Å². The SMILES string of the molecule is O=[N+]([O-])c1cccc(Nc2ncccc2Br)c1. The molecule has 0 aliphatic rings. The van der Waals surface area contributed by atoms with Crippen LogP contribution in [0.25, 0.3) is 0 Å². The summed E-state index contributed by atoms with van der Waals surface area (Å²) in [5.74, 6) is 0.619. The zero-order valence-corrected chi connectivity index (χ0v) is 10.2. The minimum Gasteiger partial charge on any atom is -0.339 e. The summed E-state index contributed by atoms with van der Waals surface area (Å²) in [6.45, 7) is 0. The number of rotatable bonds is 3. The van der Waals surface area contributed by atoms with E-state index < -0.39 is 4.92 Å². The molecule has 0 radical (unpaired) electrons. The molecular weight excluding hydrogens is 286 g/mol. The minimum atomic E-state index is -0.432. The Balaban J connectivity index is 2.28. The number of non-ortho nitro benzene ring substituents is 1. The molecule has 1 aromatic heterocycles. The molecule has 0 atom stereocenters. The van der Waals surface area contributed by atoms with E-state index in [1.54, 1.807) is 24.4 Å². The molecule has 0 aliphatic carbocycles. The van der Waals surface area contributed by atoms with E-state index in [9.17, 15) is 10.1 Å². The Labute approximate surface area is 106 Å². The van der Waals surface area contributed by atoms with E-state index in [-0.39, 0.29) is 5.69 Å². The van der Waals surface area contributed by atoms with E-state index in [0.717, 1.165) is 4.47 Å². The number of nitrogens with one attached hydrogen (secondary N) is 1. The molecule has 0 aliphatic heterocycles. The van der Waals surface area contributed by atoms with Crippen molar-refractivity contribution in [2.24, 2.45) is 0 Å². The van der Waals surface area contributed by atoms with Gasteiger partial charge < -0.3 is 5.32 Å². The van der Waals surface area contributed by atoms with Crippen LogP contribution < -0.4 is 5.32 Å². The van der Waals surface area contributed by atoms with Crippen LogP contribution in [0.4, 0.5) is 17.2 Å². The molecule has 1 heterocycles. The molecule has 0 spiro atoms. The van der Waals surface area contributed by atoms with Crippen LogP contribution in [0.2, 0.25) is 0 Å². The first-order valence-corrected chi connectivity index (χ1v) is 5.58. The van der Waals surface area contributed by atoms with Gasteiger partial charge >= 0.3 is 0 Å². The lowest BCUT2D eigenvalue weighted by Crippen LogP contribution is -1.95. The summed E-state index contributed by atoms with van der Waals surface area (Å²) < 4.78 is 0.798. The van der Waals surface area contributed by atoms with Gasteiger partial charge in [0, 0.05) is 24.0 Å². The van der Waals surface area contributed by atoms with Gasteiger partial charge in [-0.15, -0.1) is 0 Å². The molecule has 0 saturated heterocycles. The number of anilines is 2. The Morgan fingerprint density at radius 3 is 2.82 bits per heavy atom. The van der Waals surface area contributed by atoms with Gasteiger partial charge in [-0.2, -0.15) is 0 Å². The highest BCUT2D eigenvalue weighted by atomic mass is 79.9. The predicted octanol–water partition coefficient (Wildman–Crippen LogP) is 3.50. The number of benzene rings is 1. The number of nitro benzene ring substituents is 1. The topological polar surface area (TPSA) is 68.1 Å². The van der Waals surface area contributed by atoms with E-state index >= 15 is 0 Å². The molecule has 0 saturated carbocycles. The van der Waals surface area contributed by atoms with Crippen LogP contribution >= 0.6 is 15.9 Å². The first-order chi connectivity index (χ1) is 8.16. The number of aromatic nitrogens is 1. The molecule has 17 heavy (non-hydrogen) atoms. The lowest BCUT2D eigenvalue weighted by molar-refractivity contribution is -0.384. The second kappa shape index (κ2) is 4.92. The van der Waals surface area contributed by atoms with Gasteiger partial charge in [-0.25, -0.2) is 4.98 Å². The van der Waals surface area contributed by atoms with Crippen molar-refractivity contribution in [3.05, 3.63) is 57.2 Å². The third kappa shape index (κ3) is 2.79. The van der Waals surface area contributed by atoms with Gasteiger partial charge in [0.2, 0.25) is 0 Å². The van der Waals surface area contributed by atoms with Crippen molar-refractivity contribution in [1.29, 1.82) is 0 Å². The van der Waals surface area contributed by atoms with Gasteiger partial charge in [0.25, 0.3) is 5.69 Å². The largest absolute Gasteiger partial charge is 0.339 e. The van der Waals surface area contributed by atoms with Crippen molar-refractivity contribution in [3.63, 3.8) is 0 Å². The molecule has 2 aromatic rings. The maximum Gasteiger partial charge on any atom is 0.271 e. The van der Waals surface area contributed by atoms with Crippen LogP contribution in [-0.2, 0) is 0 Å². The van der Waals surface area contributed by atoms with Crippen LogP contribution in [0.1, 0.15) is 0 Å². The summed E-state index contributed by atoms with van der Waals surface area (Å²) in [6.07, 6.45) is 1.64. The highest BCUT2D eigenvalue weighted by Crippen LogP contribution is 2.24. The Morgan fingerprint density at radius 1 is 1.29 bits per heavy atom. The number of pyridine rings is 1. The fourth-order valence-corrected chi connectivity index (χ4v) is 1.67. The molecule has 5 nitrogen and oxygen atoms in total. The average Bonchev–Trinajstić information content (AvgIpc) is 2.32. The van der Waals surface area contributed by atoms with Crippen molar-refractivity contribution in [2.75, 3.05) is 5.32 Å². The van der Waals surface area contributed by atoms with Gasteiger partial charge in [0.05, 0.1) is 9.40 Å². The quantitative estimate of drug-likeness (QED) is 0.695. The van der Waals surface area contributed by atoms with E-state index in [1.807, 2.05) is 6.07 Å². The van der Waals surface area contributed by atoms with E-state index in [0.29, 0.717) is 11.5 Å². The molecule has 0 amide bonds. The second-order valence-electron chi connectivity index (χ2n) is 3.27. The number of nitrogens with zero attached hydrogens (tertiary/aromatic N) is 2. The third-order valence-corrected chi connectivity index (χ3v) is 2.72. The second-order valence-corrected chi connectivity index (χ2v) is 4.12. The standard InChI is InChI=1S/C11H8BrN3O2/c12-10-5-2-6-13-11(10)14-8-3-1-4-9(7-8)15(16)17/h1-7H,(H,13,14). The Hall–Kier alpha value is -1.95. The van der Waals surface area contributed by atoms with Crippen LogP contribution in [0.3, 0.4) is 0 Å². The van der Waals surface area contributed by atoms with Crippen LogP contribution in [0.15, 0.2) is 47.1 Å². The molecule has 6 heteroatoms. The van der Waals surface area contributed by atoms with Gasteiger partial charge in [0.15, 0.2) is 0 Å². The molecule has 2 rings (SSSR count). The first-order valence-electron chi connectivity index (χ1n) is 4.79. The molecule has 0 fully saturated rings. The first kappa shape index (κ1) is 11.5. The molecule has 0 unspecified atom stereocenters. The number of nitro groups is 1. The van der Waals surface area contributed by atoms with Crippen molar-refractivity contribution >= 4 is 33.1 Å². The van der Waals surface area contributed by atoms with Crippen LogP contribution in [0, 0.1) is 10.1 Å².